The Morgan fingerprint density at radius 2 is 2.07 bits per heavy atom. The van der Waals surface area contributed by atoms with Crippen molar-refractivity contribution in [1.29, 1.82) is 0 Å². The van der Waals surface area contributed by atoms with Gasteiger partial charge < -0.3 is 20.4 Å². The first-order valence-corrected chi connectivity index (χ1v) is 9.78. The van der Waals surface area contributed by atoms with Crippen molar-refractivity contribution < 1.29 is 18.3 Å². The Balaban J connectivity index is 1.66. The third-order valence-electron chi connectivity index (χ3n) is 6.32. The van der Waals surface area contributed by atoms with E-state index in [0.29, 0.717) is 61.5 Å². The average molecular weight is 408 g/mol. The fourth-order valence-electron chi connectivity index (χ4n) is 4.74. The van der Waals surface area contributed by atoms with Gasteiger partial charge in [-0.3, -0.25) is 4.79 Å². The van der Waals surface area contributed by atoms with Crippen LogP contribution in [0, 0.1) is 17.8 Å². The van der Waals surface area contributed by atoms with Gasteiger partial charge >= 0.3 is 5.97 Å². The monoisotopic (exact) mass is 408 g/mol. The number of esters is 1. The average Bonchev–Trinajstić information content (AvgIpc) is 3.10. The molecule has 1 aromatic rings. The number of alkyl halides is 2. The van der Waals surface area contributed by atoms with E-state index in [4.69, 9.17) is 16.3 Å². The van der Waals surface area contributed by atoms with Gasteiger partial charge in [-0.05, 0) is 30.6 Å². The van der Waals surface area contributed by atoms with Crippen molar-refractivity contribution in [2.24, 2.45) is 29.3 Å². The van der Waals surface area contributed by atoms with Crippen LogP contribution >= 0.6 is 0 Å². The number of nitrogens with zero attached hydrogens (tertiary/aromatic N) is 4. The van der Waals surface area contributed by atoms with Crippen LogP contribution in [0.5, 0.6) is 0 Å². The molecule has 4 rings (SSSR count). The lowest BCUT2D eigenvalue weighted by Gasteiger charge is -2.31. The van der Waals surface area contributed by atoms with Gasteiger partial charge in [0, 0.05) is 44.7 Å². The van der Waals surface area contributed by atoms with E-state index in [1.807, 2.05) is 4.90 Å². The lowest BCUT2D eigenvalue weighted by atomic mass is 9.92. The maximum Gasteiger partial charge on any atom is 0.305 e. The Bertz CT molecular complexity index is 847. The van der Waals surface area contributed by atoms with Crippen molar-refractivity contribution in [3.63, 3.8) is 0 Å². The number of hydrogen-bond donors (Lipinski definition) is 2. The standard InChI is InChI=1S/C19H26F2N6O2/c1-26(23)14(7-22)17-24-16-10(4-3-5-19(16,20)21)18(25-17)27-8-12-11(13(12)9-27)6-15(28)29-2/h7,11-13H,3-6,8-9,22-23H2,1-2H3/b14-7-. The topological polar surface area (TPSA) is 111 Å². The first-order valence-electron chi connectivity index (χ1n) is 9.78. The highest BCUT2D eigenvalue weighted by molar-refractivity contribution is 5.70. The molecule has 8 nitrogen and oxygen atoms in total. The van der Waals surface area contributed by atoms with Crippen molar-refractivity contribution in [3.8, 4) is 0 Å². The summed E-state index contributed by atoms with van der Waals surface area (Å²) in [5.41, 5.74) is 6.21. The molecular weight excluding hydrogens is 382 g/mol. The third-order valence-corrected chi connectivity index (χ3v) is 6.32. The predicted octanol–water partition coefficient (Wildman–Crippen LogP) is 1.21. The highest BCUT2D eigenvalue weighted by Crippen LogP contribution is 2.55. The summed E-state index contributed by atoms with van der Waals surface area (Å²) in [7, 11) is 2.94. The fourth-order valence-corrected chi connectivity index (χ4v) is 4.74. The van der Waals surface area contributed by atoms with E-state index in [1.54, 1.807) is 7.05 Å². The van der Waals surface area contributed by atoms with Gasteiger partial charge in [0.05, 0.1) is 7.11 Å². The summed E-state index contributed by atoms with van der Waals surface area (Å²) in [6.07, 6.45) is 2.29. The van der Waals surface area contributed by atoms with Gasteiger partial charge in [-0.2, -0.15) is 8.78 Å². The van der Waals surface area contributed by atoms with Gasteiger partial charge in [0.2, 0.25) is 0 Å². The molecule has 1 saturated heterocycles. The minimum atomic E-state index is -3.01. The first-order chi connectivity index (χ1) is 13.8. The normalized spacial score (nSPS) is 27.3. The minimum Gasteiger partial charge on any atom is -0.469 e. The smallest absolute Gasteiger partial charge is 0.305 e. The highest BCUT2D eigenvalue weighted by Gasteiger charge is 2.57. The summed E-state index contributed by atoms with van der Waals surface area (Å²) in [5.74, 6) is 4.22. The molecule has 4 N–H and O–H groups in total. The molecule has 0 radical (unpaired) electrons. The molecule has 2 fully saturated rings. The Morgan fingerprint density at radius 1 is 1.38 bits per heavy atom. The summed E-state index contributed by atoms with van der Waals surface area (Å²) in [6, 6.07) is 0. The number of hydrazine groups is 1. The number of piperidine rings is 1. The lowest BCUT2D eigenvalue weighted by Crippen LogP contribution is -2.33. The number of hydrogen-bond acceptors (Lipinski definition) is 8. The predicted molar refractivity (Wildman–Crippen MR) is 102 cm³/mol. The van der Waals surface area contributed by atoms with Crippen LogP contribution in [0.1, 0.15) is 36.3 Å². The molecule has 29 heavy (non-hydrogen) atoms. The second-order valence-corrected chi connectivity index (χ2v) is 8.10. The molecule has 1 saturated carbocycles. The molecule has 0 aromatic carbocycles. The molecule has 0 bridgehead atoms. The van der Waals surface area contributed by atoms with Crippen molar-refractivity contribution in [2.45, 2.75) is 31.6 Å². The number of fused-ring (bicyclic) bond motifs is 2. The molecule has 1 aromatic heterocycles. The minimum absolute atomic E-state index is 0.0968. The zero-order valence-corrected chi connectivity index (χ0v) is 16.6. The molecule has 2 heterocycles. The van der Waals surface area contributed by atoms with Crippen LogP contribution in [0.4, 0.5) is 14.6 Å². The number of anilines is 1. The number of ether oxygens (including phenoxy) is 1. The second kappa shape index (κ2) is 7.08. The summed E-state index contributed by atoms with van der Waals surface area (Å²) in [5, 5.41) is 1.22. The van der Waals surface area contributed by atoms with E-state index in [2.05, 4.69) is 9.97 Å². The molecule has 10 heteroatoms. The molecule has 3 aliphatic rings. The van der Waals surface area contributed by atoms with Crippen LogP contribution in [0.2, 0.25) is 0 Å². The van der Waals surface area contributed by atoms with Gasteiger partial charge in [-0.15, -0.1) is 0 Å². The van der Waals surface area contributed by atoms with Crippen LogP contribution in [0.15, 0.2) is 6.20 Å². The van der Waals surface area contributed by atoms with Gasteiger partial charge in [0.1, 0.15) is 17.2 Å². The third kappa shape index (κ3) is 3.39. The SMILES string of the molecule is COC(=O)CC1C2CN(c3nc(/C(=C/N)N(C)N)nc4c3CCCC4(F)F)CC12. The Hall–Kier alpha value is -2.49. The van der Waals surface area contributed by atoms with Crippen molar-refractivity contribution in [2.75, 3.05) is 32.1 Å². The number of carbonyl (C=O) groups excluding carboxylic acids is 1. The zero-order chi connectivity index (χ0) is 20.9. The molecule has 0 amide bonds. The summed E-state index contributed by atoms with van der Waals surface area (Å²) in [6.45, 7) is 1.36. The van der Waals surface area contributed by atoms with E-state index in [0.717, 1.165) is 0 Å². The lowest BCUT2D eigenvalue weighted by molar-refractivity contribution is -0.141. The molecule has 2 aliphatic carbocycles. The molecular formula is C19H26F2N6O2. The summed E-state index contributed by atoms with van der Waals surface area (Å²) < 4.78 is 34.1. The quantitative estimate of drug-likeness (QED) is 0.425. The number of halogens is 2. The summed E-state index contributed by atoms with van der Waals surface area (Å²) >= 11 is 0. The number of methoxy groups -OCH3 is 1. The van der Waals surface area contributed by atoms with E-state index in [1.165, 1.54) is 18.3 Å². The fraction of sp³-hybridized carbons (Fsp3) is 0.632. The second-order valence-electron chi connectivity index (χ2n) is 8.10. The largest absolute Gasteiger partial charge is 0.469 e. The highest BCUT2D eigenvalue weighted by atomic mass is 19.3. The van der Waals surface area contributed by atoms with Gasteiger partial charge in [-0.1, -0.05) is 0 Å². The van der Waals surface area contributed by atoms with Crippen LogP contribution in [-0.2, 0) is 21.9 Å². The molecule has 158 valence electrons. The number of rotatable bonds is 5. The van der Waals surface area contributed by atoms with E-state index in [9.17, 15) is 13.6 Å². The van der Waals surface area contributed by atoms with E-state index < -0.39 is 5.92 Å². The van der Waals surface area contributed by atoms with Crippen LogP contribution < -0.4 is 16.5 Å². The van der Waals surface area contributed by atoms with Gasteiger partial charge in [-0.25, -0.2) is 15.8 Å². The van der Waals surface area contributed by atoms with Crippen LogP contribution in [0.25, 0.3) is 5.70 Å². The molecule has 1 aliphatic heterocycles. The van der Waals surface area contributed by atoms with Gasteiger partial charge in [0.25, 0.3) is 5.92 Å². The maximum atomic E-state index is 14.7. The van der Waals surface area contributed by atoms with E-state index >= 15 is 0 Å². The Labute approximate surface area is 167 Å². The summed E-state index contributed by atoms with van der Waals surface area (Å²) in [4.78, 5) is 22.4. The van der Waals surface area contributed by atoms with E-state index in [-0.39, 0.29) is 29.6 Å². The molecule has 2 unspecified atom stereocenters. The number of carbonyl (C=O) groups is 1. The van der Waals surface area contributed by atoms with Crippen LogP contribution in [0.3, 0.4) is 0 Å². The zero-order valence-electron chi connectivity index (χ0n) is 16.6. The number of aromatic nitrogens is 2. The van der Waals surface area contributed by atoms with Crippen molar-refractivity contribution in [1.82, 2.24) is 15.0 Å². The molecule has 0 spiro atoms. The van der Waals surface area contributed by atoms with Crippen LogP contribution in [-0.4, -0.2) is 48.2 Å². The molecule has 2 atom stereocenters. The number of nitrogens with two attached hydrogens (primary N) is 2. The van der Waals surface area contributed by atoms with Gasteiger partial charge in [0.15, 0.2) is 5.82 Å². The Kier molecular flexibility index (Phi) is 4.84. The maximum absolute atomic E-state index is 14.7. The van der Waals surface area contributed by atoms with Crippen molar-refractivity contribution >= 4 is 17.5 Å². The van der Waals surface area contributed by atoms with Crippen molar-refractivity contribution in [3.05, 3.63) is 23.3 Å². The Morgan fingerprint density at radius 3 is 2.66 bits per heavy atom. The first kappa shape index (κ1) is 19.8.